The monoisotopic (exact) mass is 524 g/mol. The quantitative estimate of drug-likeness (QED) is 0.371. The predicted octanol–water partition coefficient (Wildman–Crippen LogP) is 3.83. The molecule has 0 spiro atoms. The summed E-state index contributed by atoms with van der Waals surface area (Å²) < 4.78 is 54.1. The van der Waals surface area contributed by atoms with Gasteiger partial charge >= 0.3 is 0 Å². The van der Waals surface area contributed by atoms with E-state index in [-0.39, 0.29) is 36.3 Å². The second kappa shape index (κ2) is 9.20. The number of Topliss-reactive ketones (excluding diaryl/α,β-unsaturated/α-hetero) is 1. The Kier molecular flexibility index (Phi) is 6.17. The molecule has 0 aliphatic carbocycles. The molecule has 0 bridgehead atoms. The van der Waals surface area contributed by atoms with Gasteiger partial charge in [0.2, 0.25) is 5.60 Å². The smallest absolute Gasteiger partial charge is 0.268 e. The molecule has 0 radical (unpaired) electrons. The number of carbonyl (C=O) groups is 2. The molecule has 1 fully saturated rings. The van der Waals surface area contributed by atoms with Crippen LogP contribution in [0.1, 0.15) is 18.4 Å². The maximum atomic E-state index is 13.4. The molecule has 5 rings (SSSR count). The Labute approximate surface area is 211 Å². The van der Waals surface area contributed by atoms with Gasteiger partial charge in [0.25, 0.3) is 15.9 Å². The highest BCUT2D eigenvalue weighted by Crippen LogP contribution is 2.33. The summed E-state index contributed by atoms with van der Waals surface area (Å²) in [4.78, 5) is 27.3. The zero-order valence-corrected chi connectivity index (χ0v) is 20.3. The van der Waals surface area contributed by atoms with E-state index in [1.165, 1.54) is 23.2 Å². The Morgan fingerprint density at radius 1 is 0.973 bits per heavy atom. The van der Waals surface area contributed by atoms with Crippen molar-refractivity contribution in [3.8, 4) is 0 Å². The first kappa shape index (κ1) is 24.8. The minimum atomic E-state index is -3.82. The second-order valence-corrected chi connectivity index (χ2v) is 10.8. The van der Waals surface area contributed by atoms with Gasteiger partial charge in [0.1, 0.15) is 11.6 Å². The van der Waals surface area contributed by atoms with Crippen LogP contribution < -0.4 is 4.90 Å². The van der Waals surface area contributed by atoms with E-state index in [0.29, 0.717) is 16.6 Å². The molecule has 0 unspecified atom stereocenters. The molecule has 1 aliphatic heterocycles. The largest absolute Gasteiger partial charge is 0.373 e. The summed E-state index contributed by atoms with van der Waals surface area (Å²) in [6, 6.07) is 17.3. The molecular weight excluding hydrogens is 502 g/mol. The molecule has 4 aromatic rings. The van der Waals surface area contributed by atoms with Crippen LogP contribution in [-0.2, 0) is 26.0 Å². The average molecular weight is 525 g/mol. The minimum Gasteiger partial charge on any atom is -0.373 e. The summed E-state index contributed by atoms with van der Waals surface area (Å²) in [5, 5.41) is 11.5. The highest BCUT2D eigenvalue weighted by molar-refractivity contribution is 7.90. The van der Waals surface area contributed by atoms with Gasteiger partial charge in [0, 0.05) is 42.7 Å². The van der Waals surface area contributed by atoms with Gasteiger partial charge in [-0.1, -0.05) is 18.2 Å². The van der Waals surface area contributed by atoms with Gasteiger partial charge in [-0.2, -0.15) is 0 Å². The Morgan fingerprint density at radius 3 is 2.38 bits per heavy atom. The van der Waals surface area contributed by atoms with Crippen molar-refractivity contribution < 1.29 is 31.9 Å². The first-order valence-corrected chi connectivity index (χ1v) is 13.0. The number of aliphatic hydroxyl groups is 1. The number of aromatic nitrogens is 1. The molecule has 2 heterocycles. The first-order valence-electron chi connectivity index (χ1n) is 11.5. The van der Waals surface area contributed by atoms with Crippen LogP contribution in [0.25, 0.3) is 10.9 Å². The topological polar surface area (TPSA) is 96.7 Å². The SMILES string of the molecule is O=C(CCc1cc(F)cc(F)c1)[C@@]1(O)CCN(c2ccc3c(ccn3S(=O)(=O)c3ccccc3)c2)C1=O. The lowest BCUT2D eigenvalue weighted by atomic mass is 9.92. The summed E-state index contributed by atoms with van der Waals surface area (Å²) in [7, 11) is -3.82. The summed E-state index contributed by atoms with van der Waals surface area (Å²) in [5.41, 5.74) is -1.18. The maximum Gasteiger partial charge on any atom is 0.268 e. The normalized spacial score (nSPS) is 18.0. The minimum absolute atomic E-state index is 0.0293. The van der Waals surface area contributed by atoms with Gasteiger partial charge in [-0.05, 0) is 60.5 Å². The fourth-order valence-electron chi connectivity index (χ4n) is 4.62. The summed E-state index contributed by atoms with van der Waals surface area (Å²) in [5.74, 6) is -3.07. The van der Waals surface area contributed by atoms with Crippen LogP contribution in [0.15, 0.2) is 83.9 Å². The summed E-state index contributed by atoms with van der Waals surface area (Å²) in [6.45, 7) is 0.0736. The Morgan fingerprint density at radius 2 is 1.68 bits per heavy atom. The molecule has 7 nitrogen and oxygen atoms in total. The number of ketones is 1. The molecule has 1 aliphatic rings. The number of aryl methyl sites for hydroxylation is 1. The summed E-state index contributed by atoms with van der Waals surface area (Å²) >= 11 is 0. The number of nitrogens with zero attached hydrogens (tertiary/aromatic N) is 2. The van der Waals surface area contributed by atoms with E-state index in [1.54, 1.807) is 42.5 Å². The third kappa shape index (κ3) is 4.42. The van der Waals surface area contributed by atoms with E-state index >= 15 is 0 Å². The van der Waals surface area contributed by atoms with Crippen LogP contribution in [0.4, 0.5) is 14.5 Å². The number of benzene rings is 3. The standard InChI is InChI=1S/C27H22F2N2O5S/c28-20-14-18(15-21(29)17-20)6-9-25(32)27(34)11-13-30(26(27)33)22-7-8-24-19(16-22)10-12-31(24)37(35,36)23-4-2-1-3-5-23/h1-5,7-8,10,12,14-17,34H,6,9,11,13H2/t27-/m0/s1. The number of rotatable bonds is 7. The lowest BCUT2D eigenvalue weighted by molar-refractivity contribution is -0.147. The molecule has 1 saturated heterocycles. The lowest BCUT2D eigenvalue weighted by Gasteiger charge is -2.21. The van der Waals surface area contributed by atoms with Crippen LogP contribution in [0.5, 0.6) is 0 Å². The van der Waals surface area contributed by atoms with Crippen LogP contribution in [0.2, 0.25) is 0 Å². The molecule has 37 heavy (non-hydrogen) atoms. The Bertz CT molecular complexity index is 1620. The van der Waals surface area contributed by atoms with Gasteiger partial charge in [-0.3, -0.25) is 9.59 Å². The molecule has 0 saturated carbocycles. The van der Waals surface area contributed by atoms with E-state index in [2.05, 4.69) is 0 Å². The van der Waals surface area contributed by atoms with E-state index in [4.69, 9.17) is 0 Å². The van der Waals surface area contributed by atoms with Crippen molar-refractivity contribution in [3.63, 3.8) is 0 Å². The van der Waals surface area contributed by atoms with Gasteiger partial charge in [-0.25, -0.2) is 21.2 Å². The van der Waals surface area contributed by atoms with Crippen molar-refractivity contribution in [2.24, 2.45) is 0 Å². The predicted molar refractivity (Wildman–Crippen MR) is 133 cm³/mol. The molecule has 1 N–H and O–H groups in total. The van der Waals surface area contributed by atoms with Crippen LogP contribution in [0, 0.1) is 11.6 Å². The molecule has 3 aromatic carbocycles. The van der Waals surface area contributed by atoms with Crippen molar-refractivity contribution in [1.82, 2.24) is 3.97 Å². The highest BCUT2D eigenvalue weighted by atomic mass is 32.2. The van der Waals surface area contributed by atoms with E-state index in [1.807, 2.05) is 0 Å². The second-order valence-electron chi connectivity index (χ2n) is 8.94. The zero-order valence-electron chi connectivity index (χ0n) is 19.5. The van der Waals surface area contributed by atoms with Crippen molar-refractivity contribution in [2.45, 2.75) is 29.8 Å². The third-order valence-electron chi connectivity index (χ3n) is 6.57. The molecule has 1 aromatic heterocycles. The average Bonchev–Trinajstić information content (AvgIpc) is 3.44. The van der Waals surface area contributed by atoms with Crippen molar-refractivity contribution >= 4 is 38.3 Å². The Hall–Kier alpha value is -3.89. The van der Waals surface area contributed by atoms with Gasteiger partial charge in [0.15, 0.2) is 5.78 Å². The summed E-state index contributed by atoms with van der Waals surface area (Å²) in [6.07, 6.45) is 0.998. The van der Waals surface area contributed by atoms with E-state index in [0.717, 1.165) is 22.2 Å². The molecule has 10 heteroatoms. The zero-order chi connectivity index (χ0) is 26.4. The first-order chi connectivity index (χ1) is 17.6. The number of halogens is 2. The molecule has 1 atom stereocenters. The maximum absolute atomic E-state index is 13.4. The van der Waals surface area contributed by atoms with Crippen LogP contribution in [0.3, 0.4) is 0 Å². The van der Waals surface area contributed by atoms with Crippen LogP contribution >= 0.6 is 0 Å². The number of anilines is 1. The number of amides is 1. The molecule has 190 valence electrons. The van der Waals surface area contributed by atoms with E-state index in [9.17, 15) is 31.9 Å². The van der Waals surface area contributed by atoms with Gasteiger partial charge in [0.05, 0.1) is 10.4 Å². The Balaban J connectivity index is 1.36. The van der Waals surface area contributed by atoms with Gasteiger partial charge in [-0.15, -0.1) is 0 Å². The fourth-order valence-corrected chi connectivity index (χ4v) is 5.99. The molecular formula is C27H22F2N2O5S. The highest BCUT2D eigenvalue weighted by Gasteiger charge is 2.50. The van der Waals surface area contributed by atoms with Gasteiger partial charge < -0.3 is 10.0 Å². The number of fused-ring (bicyclic) bond motifs is 1. The number of carbonyl (C=O) groups excluding carboxylic acids is 2. The van der Waals surface area contributed by atoms with Crippen molar-refractivity contribution in [3.05, 3.63) is 96.2 Å². The number of hydrogen-bond donors (Lipinski definition) is 1. The van der Waals surface area contributed by atoms with Crippen LogP contribution in [-0.4, -0.2) is 41.3 Å². The van der Waals surface area contributed by atoms with E-state index < -0.39 is 38.9 Å². The number of hydrogen-bond acceptors (Lipinski definition) is 5. The van der Waals surface area contributed by atoms with Crippen molar-refractivity contribution in [1.29, 1.82) is 0 Å². The fraction of sp³-hybridized carbons (Fsp3) is 0.185. The molecule has 1 amide bonds. The lowest BCUT2D eigenvalue weighted by Crippen LogP contribution is -2.47. The van der Waals surface area contributed by atoms with Crippen molar-refractivity contribution in [2.75, 3.05) is 11.4 Å². The third-order valence-corrected chi connectivity index (χ3v) is 8.27.